The highest BCUT2D eigenvalue weighted by molar-refractivity contribution is 9.10. The number of nitrogens with zero attached hydrogens (tertiary/aromatic N) is 2. The summed E-state index contributed by atoms with van der Waals surface area (Å²) in [5, 5.41) is 2.24. The number of carbonyl (C=O) groups excluding carboxylic acids is 1. The van der Waals surface area contributed by atoms with Gasteiger partial charge in [-0.2, -0.15) is 13.2 Å². The van der Waals surface area contributed by atoms with E-state index < -0.39 is 30.0 Å². The zero-order valence-corrected chi connectivity index (χ0v) is 15.4. The molecule has 3 aromatic rings. The lowest BCUT2D eigenvalue weighted by Crippen LogP contribution is -2.34. The van der Waals surface area contributed by atoms with Crippen LogP contribution < -0.4 is 11.1 Å². The van der Waals surface area contributed by atoms with Gasteiger partial charge in [0.1, 0.15) is 18.2 Å². The van der Waals surface area contributed by atoms with Crippen LogP contribution in [0.4, 0.5) is 23.4 Å². The third-order valence-corrected chi connectivity index (χ3v) is 4.54. The van der Waals surface area contributed by atoms with E-state index in [0.717, 1.165) is 17.6 Å². The van der Waals surface area contributed by atoms with Crippen molar-refractivity contribution >= 4 is 38.6 Å². The van der Waals surface area contributed by atoms with Crippen LogP contribution in [0.5, 0.6) is 0 Å². The molecular formula is C17H13BrF4N4O. The van der Waals surface area contributed by atoms with Crippen molar-refractivity contribution in [3.63, 3.8) is 0 Å². The molecule has 27 heavy (non-hydrogen) atoms. The van der Waals surface area contributed by atoms with Gasteiger partial charge in [-0.05, 0) is 33.6 Å². The van der Waals surface area contributed by atoms with Crippen LogP contribution >= 0.6 is 15.9 Å². The molecule has 10 heteroatoms. The molecule has 142 valence electrons. The topological polar surface area (TPSA) is 72.9 Å². The number of nitrogens with two attached hydrogens (primary N) is 1. The average Bonchev–Trinajstić information content (AvgIpc) is 2.94. The molecule has 1 amide bonds. The first-order chi connectivity index (χ1) is 12.6. The van der Waals surface area contributed by atoms with Gasteiger partial charge in [-0.15, -0.1) is 0 Å². The molecule has 0 unspecified atom stereocenters. The second-order valence-electron chi connectivity index (χ2n) is 5.86. The fraction of sp³-hybridized carbons (Fsp3) is 0.176. The number of anilines is 1. The van der Waals surface area contributed by atoms with Crippen LogP contribution in [-0.4, -0.2) is 28.2 Å². The zero-order valence-electron chi connectivity index (χ0n) is 13.9. The number of hydrogen-bond acceptors (Lipinski definition) is 3. The molecule has 0 spiro atoms. The first-order valence-corrected chi connectivity index (χ1v) is 8.41. The fourth-order valence-electron chi connectivity index (χ4n) is 2.79. The summed E-state index contributed by atoms with van der Waals surface area (Å²) in [5.41, 5.74) is 7.24. The maximum absolute atomic E-state index is 14.4. The average molecular weight is 445 g/mol. The second-order valence-corrected chi connectivity index (χ2v) is 6.72. The first kappa shape index (κ1) is 19.2. The summed E-state index contributed by atoms with van der Waals surface area (Å²) >= 11 is 3.39. The summed E-state index contributed by atoms with van der Waals surface area (Å²) in [5.74, 6) is -1.83. The third-order valence-electron chi connectivity index (χ3n) is 3.96. The Morgan fingerprint density at radius 1 is 1.37 bits per heavy atom. The monoisotopic (exact) mass is 444 g/mol. The molecule has 2 heterocycles. The minimum absolute atomic E-state index is 0.246. The standard InChI is InChI=1S/C17H13BrF4N4O/c1-26-6-10(13-14(26)11(18)5-24-15(13)23)8-2-3-9(12(19)4-8)16(27)25-7-17(20,21)22/h2-6H,7H2,1H3,(H2,23,24)(H,25,27). The molecule has 3 rings (SSSR count). The quantitative estimate of drug-likeness (QED) is 0.599. The number of nitrogen functional groups attached to an aromatic ring is 1. The lowest BCUT2D eigenvalue weighted by atomic mass is 10.0. The number of nitrogens with one attached hydrogen (secondary N) is 1. The SMILES string of the molecule is Cn1cc(-c2ccc(C(=O)NCC(F)(F)F)c(F)c2)c2c(N)ncc(Br)c21. The third kappa shape index (κ3) is 3.75. The smallest absolute Gasteiger partial charge is 0.383 e. The summed E-state index contributed by atoms with van der Waals surface area (Å²) in [6.45, 7) is -1.54. The van der Waals surface area contributed by atoms with E-state index in [1.54, 1.807) is 29.3 Å². The van der Waals surface area contributed by atoms with E-state index in [0.29, 0.717) is 21.0 Å². The maximum Gasteiger partial charge on any atom is 0.405 e. The zero-order chi connectivity index (χ0) is 19.9. The van der Waals surface area contributed by atoms with Crippen molar-refractivity contribution in [2.24, 2.45) is 7.05 Å². The number of aryl methyl sites for hydroxylation is 1. The van der Waals surface area contributed by atoms with E-state index in [1.807, 2.05) is 0 Å². The fourth-order valence-corrected chi connectivity index (χ4v) is 3.37. The van der Waals surface area contributed by atoms with Crippen LogP contribution in [0.25, 0.3) is 22.0 Å². The van der Waals surface area contributed by atoms with Crippen molar-refractivity contribution in [2.45, 2.75) is 6.18 Å². The summed E-state index contributed by atoms with van der Waals surface area (Å²) in [6, 6.07) is 3.66. The molecule has 0 bridgehead atoms. The van der Waals surface area contributed by atoms with Gasteiger partial charge in [-0.25, -0.2) is 9.37 Å². The normalized spacial score (nSPS) is 11.8. The number of halogens is 5. The molecule has 1 aromatic carbocycles. The van der Waals surface area contributed by atoms with Gasteiger partial charge in [-0.3, -0.25) is 4.79 Å². The van der Waals surface area contributed by atoms with E-state index in [9.17, 15) is 22.4 Å². The Labute approximate surface area is 159 Å². The second kappa shape index (κ2) is 6.84. The number of carbonyl (C=O) groups is 1. The van der Waals surface area contributed by atoms with Gasteiger partial charge in [0, 0.05) is 25.0 Å². The van der Waals surface area contributed by atoms with E-state index >= 15 is 0 Å². The number of amides is 1. The van der Waals surface area contributed by atoms with Gasteiger partial charge in [-0.1, -0.05) is 6.07 Å². The molecule has 0 aliphatic heterocycles. The Kier molecular flexibility index (Phi) is 4.85. The summed E-state index contributed by atoms with van der Waals surface area (Å²) in [4.78, 5) is 15.9. The van der Waals surface area contributed by atoms with Gasteiger partial charge < -0.3 is 15.6 Å². The number of alkyl halides is 3. The van der Waals surface area contributed by atoms with Crippen molar-refractivity contribution in [3.05, 3.63) is 46.4 Å². The number of benzene rings is 1. The van der Waals surface area contributed by atoms with Gasteiger partial charge in [0.2, 0.25) is 0 Å². The largest absolute Gasteiger partial charge is 0.405 e. The molecule has 3 N–H and O–H groups in total. The number of rotatable bonds is 3. The molecule has 0 saturated carbocycles. The van der Waals surface area contributed by atoms with E-state index in [1.165, 1.54) is 6.07 Å². The Bertz CT molecular complexity index is 1050. The molecule has 0 saturated heterocycles. The molecule has 0 atom stereocenters. The highest BCUT2D eigenvalue weighted by atomic mass is 79.9. The lowest BCUT2D eigenvalue weighted by molar-refractivity contribution is -0.123. The maximum atomic E-state index is 14.4. The molecule has 0 aliphatic carbocycles. The number of fused-ring (bicyclic) bond motifs is 1. The number of hydrogen-bond donors (Lipinski definition) is 2. The van der Waals surface area contributed by atoms with Gasteiger partial charge in [0.15, 0.2) is 0 Å². The molecular weight excluding hydrogens is 432 g/mol. The van der Waals surface area contributed by atoms with Crippen molar-refractivity contribution in [3.8, 4) is 11.1 Å². The van der Waals surface area contributed by atoms with Crippen LogP contribution in [0.15, 0.2) is 35.1 Å². The minimum Gasteiger partial charge on any atom is -0.383 e. The number of pyridine rings is 1. The van der Waals surface area contributed by atoms with Gasteiger partial charge in [0.05, 0.1) is 20.9 Å². The highest BCUT2D eigenvalue weighted by Gasteiger charge is 2.28. The first-order valence-electron chi connectivity index (χ1n) is 7.62. The minimum atomic E-state index is -4.58. The van der Waals surface area contributed by atoms with E-state index in [4.69, 9.17) is 5.73 Å². The van der Waals surface area contributed by atoms with Crippen molar-refractivity contribution < 1.29 is 22.4 Å². The Morgan fingerprint density at radius 2 is 2.07 bits per heavy atom. The molecule has 2 aromatic heterocycles. The Morgan fingerprint density at radius 3 is 2.70 bits per heavy atom. The van der Waals surface area contributed by atoms with Crippen molar-refractivity contribution in [2.75, 3.05) is 12.3 Å². The summed E-state index contributed by atoms with van der Waals surface area (Å²) < 4.78 is 53.5. The molecule has 0 fully saturated rings. The molecule has 0 aliphatic rings. The van der Waals surface area contributed by atoms with Gasteiger partial charge >= 0.3 is 6.18 Å². The number of aromatic nitrogens is 2. The van der Waals surface area contributed by atoms with Crippen molar-refractivity contribution in [1.29, 1.82) is 0 Å². The van der Waals surface area contributed by atoms with Crippen molar-refractivity contribution in [1.82, 2.24) is 14.9 Å². The van der Waals surface area contributed by atoms with E-state index in [-0.39, 0.29) is 5.82 Å². The molecule has 0 radical (unpaired) electrons. The summed E-state index contributed by atoms with van der Waals surface area (Å²) in [7, 11) is 1.78. The van der Waals surface area contributed by atoms with Crippen LogP contribution in [0.3, 0.4) is 0 Å². The Balaban J connectivity index is 2.01. The predicted molar refractivity (Wildman–Crippen MR) is 96.6 cm³/mol. The summed E-state index contributed by atoms with van der Waals surface area (Å²) in [6.07, 6.45) is -1.30. The molecule has 5 nitrogen and oxygen atoms in total. The predicted octanol–water partition coefficient (Wildman–Crippen LogP) is 4.02. The van der Waals surface area contributed by atoms with Gasteiger partial charge in [0.25, 0.3) is 5.91 Å². The van der Waals surface area contributed by atoms with Crippen LogP contribution in [-0.2, 0) is 7.05 Å². The van der Waals surface area contributed by atoms with Crippen LogP contribution in [0.2, 0.25) is 0 Å². The lowest BCUT2D eigenvalue weighted by Gasteiger charge is -2.10. The van der Waals surface area contributed by atoms with E-state index in [2.05, 4.69) is 20.9 Å². The van der Waals surface area contributed by atoms with Crippen LogP contribution in [0.1, 0.15) is 10.4 Å². The van der Waals surface area contributed by atoms with Crippen LogP contribution in [0, 0.1) is 5.82 Å². The Hall–Kier alpha value is -2.62. The highest BCUT2D eigenvalue weighted by Crippen LogP contribution is 2.37.